The molecular weight excluding hydrogens is 418 g/mol. The summed E-state index contributed by atoms with van der Waals surface area (Å²) in [5, 5.41) is 0. The van der Waals surface area contributed by atoms with Crippen LogP contribution in [-0.4, -0.2) is 77.9 Å². The summed E-state index contributed by atoms with van der Waals surface area (Å²) in [5.74, 6) is 0. The zero-order valence-corrected chi connectivity index (χ0v) is 20.0. The molecule has 3 fully saturated rings. The largest absolute Gasteiger partial charge is 0.450 e. The molecule has 2 unspecified atom stereocenters. The van der Waals surface area contributed by atoms with Gasteiger partial charge in [-0.3, -0.25) is 0 Å². The Kier molecular flexibility index (Phi) is 6.25. The van der Waals surface area contributed by atoms with E-state index in [1.165, 1.54) is 11.1 Å². The maximum Gasteiger partial charge on any atom is 0.410 e. The molecule has 2 amide bonds. The third-order valence-electron chi connectivity index (χ3n) is 8.43. The summed E-state index contributed by atoms with van der Waals surface area (Å²) in [7, 11) is 0. The third-order valence-corrected chi connectivity index (χ3v) is 8.43. The van der Waals surface area contributed by atoms with Crippen LogP contribution >= 0.6 is 0 Å². The summed E-state index contributed by atoms with van der Waals surface area (Å²) in [6.07, 6.45) is 6.07. The first-order chi connectivity index (χ1) is 16.0. The summed E-state index contributed by atoms with van der Waals surface area (Å²) in [4.78, 5) is 31.6. The van der Waals surface area contributed by atoms with Gasteiger partial charge < -0.3 is 24.2 Å². The van der Waals surface area contributed by atoms with Gasteiger partial charge in [0.05, 0.1) is 13.2 Å². The van der Waals surface area contributed by atoms with Gasteiger partial charge in [-0.15, -0.1) is 0 Å². The van der Waals surface area contributed by atoms with E-state index in [1.54, 1.807) is 0 Å². The van der Waals surface area contributed by atoms with Gasteiger partial charge in [0.2, 0.25) is 0 Å². The maximum absolute atomic E-state index is 12.6. The standard InChI is InChI=1S/C26H37N3O4/c1-3-32-24(30)28-17-19-7-5-6-8-23(19)26(18-28)11-13-27(14-12-26)22-15-20-9-10-21(16-22)29(20)25(31)33-4-2/h5-8,20-22H,3-4,9-18H2,1-2H3. The van der Waals surface area contributed by atoms with Crippen molar-refractivity contribution in [1.82, 2.24) is 14.7 Å². The molecule has 0 radical (unpaired) electrons. The Labute approximate surface area is 197 Å². The summed E-state index contributed by atoms with van der Waals surface area (Å²) in [5.41, 5.74) is 2.68. The van der Waals surface area contributed by atoms with Gasteiger partial charge in [-0.05, 0) is 76.6 Å². The van der Waals surface area contributed by atoms with Crippen LogP contribution in [0.15, 0.2) is 24.3 Å². The second-order valence-corrected chi connectivity index (χ2v) is 10.1. The number of piperidine rings is 2. The predicted octanol–water partition coefficient (Wildman–Crippen LogP) is 4.14. The van der Waals surface area contributed by atoms with E-state index in [1.807, 2.05) is 23.6 Å². The quantitative estimate of drug-likeness (QED) is 0.685. The van der Waals surface area contributed by atoms with Crippen LogP contribution in [0.2, 0.25) is 0 Å². The molecule has 5 rings (SSSR count). The van der Waals surface area contributed by atoms with E-state index in [-0.39, 0.29) is 17.6 Å². The van der Waals surface area contributed by atoms with Crippen LogP contribution in [0.5, 0.6) is 0 Å². The molecule has 0 aromatic heterocycles. The minimum atomic E-state index is -0.197. The lowest BCUT2D eigenvalue weighted by Gasteiger charge is -2.51. The number of rotatable bonds is 3. The highest BCUT2D eigenvalue weighted by Gasteiger charge is 2.48. The molecule has 4 aliphatic heterocycles. The molecule has 7 nitrogen and oxygen atoms in total. The van der Waals surface area contributed by atoms with E-state index >= 15 is 0 Å². The third kappa shape index (κ3) is 4.09. The fraction of sp³-hybridized carbons (Fsp3) is 0.692. The van der Waals surface area contributed by atoms with Gasteiger partial charge >= 0.3 is 12.2 Å². The van der Waals surface area contributed by atoms with Crippen molar-refractivity contribution in [2.45, 2.75) is 82.5 Å². The van der Waals surface area contributed by atoms with Crippen molar-refractivity contribution in [3.05, 3.63) is 35.4 Å². The molecule has 2 atom stereocenters. The number of benzene rings is 1. The Balaban J connectivity index is 1.28. The van der Waals surface area contributed by atoms with Gasteiger partial charge in [0, 0.05) is 36.6 Å². The molecule has 1 aromatic rings. The molecule has 33 heavy (non-hydrogen) atoms. The molecule has 1 aromatic carbocycles. The van der Waals surface area contributed by atoms with Crippen LogP contribution in [-0.2, 0) is 21.4 Å². The molecule has 0 aliphatic carbocycles. The van der Waals surface area contributed by atoms with E-state index in [4.69, 9.17) is 9.47 Å². The second kappa shape index (κ2) is 9.16. The first-order valence-corrected chi connectivity index (χ1v) is 12.7. The minimum absolute atomic E-state index is 0.00270. The number of nitrogens with zero attached hydrogens (tertiary/aromatic N) is 3. The highest BCUT2D eigenvalue weighted by molar-refractivity contribution is 5.69. The normalized spacial score (nSPS) is 28.5. The van der Waals surface area contributed by atoms with Crippen LogP contribution in [0.3, 0.4) is 0 Å². The molecular formula is C26H37N3O4. The molecule has 1 spiro atoms. The molecule has 0 N–H and O–H groups in total. The molecule has 7 heteroatoms. The Morgan fingerprint density at radius 3 is 2.24 bits per heavy atom. The van der Waals surface area contributed by atoms with Crippen molar-refractivity contribution in [2.75, 3.05) is 32.8 Å². The summed E-state index contributed by atoms with van der Waals surface area (Å²) >= 11 is 0. The van der Waals surface area contributed by atoms with Gasteiger partial charge in [-0.1, -0.05) is 24.3 Å². The maximum atomic E-state index is 12.6. The van der Waals surface area contributed by atoms with Crippen LogP contribution < -0.4 is 0 Å². The van der Waals surface area contributed by atoms with Crippen LogP contribution in [0.25, 0.3) is 0 Å². The van der Waals surface area contributed by atoms with Crippen molar-refractivity contribution >= 4 is 12.2 Å². The number of hydrogen-bond acceptors (Lipinski definition) is 5. The first-order valence-electron chi connectivity index (χ1n) is 12.7. The van der Waals surface area contributed by atoms with Crippen LogP contribution in [0.4, 0.5) is 9.59 Å². The molecule has 2 bridgehead atoms. The molecule has 180 valence electrons. The topological polar surface area (TPSA) is 62.3 Å². The van der Waals surface area contributed by atoms with Crippen molar-refractivity contribution in [3.8, 4) is 0 Å². The van der Waals surface area contributed by atoms with E-state index in [0.717, 1.165) is 58.2 Å². The Bertz CT molecular complexity index is 868. The Morgan fingerprint density at radius 2 is 1.58 bits per heavy atom. The van der Waals surface area contributed by atoms with Crippen molar-refractivity contribution in [3.63, 3.8) is 0 Å². The number of carbonyl (C=O) groups excluding carboxylic acids is 2. The van der Waals surface area contributed by atoms with Gasteiger partial charge in [0.1, 0.15) is 0 Å². The lowest BCUT2D eigenvalue weighted by molar-refractivity contribution is 0.0185. The smallest absolute Gasteiger partial charge is 0.410 e. The van der Waals surface area contributed by atoms with Crippen molar-refractivity contribution < 1.29 is 19.1 Å². The number of amides is 2. The average Bonchev–Trinajstić information content (AvgIpc) is 3.09. The second-order valence-electron chi connectivity index (χ2n) is 10.1. The monoisotopic (exact) mass is 455 g/mol. The zero-order valence-electron chi connectivity index (χ0n) is 20.0. The molecule has 3 saturated heterocycles. The SMILES string of the molecule is CCOC(=O)N1Cc2ccccc2C2(CCN(C3CC4CCC(C3)N4C(=O)OCC)CC2)C1. The highest BCUT2D eigenvalue weighted by atomic mass is 16.6. The van der Waals surface area contributed by atoms with E-state index in [2.05, 4.69) is 29.2 Å². The van der Waals surface area contributed by atoms with E-state index in [0.29, 0.717) is 37.9 Å². The number of ether oxygens (including phenoxy) is 2. The van der Waals surface area contributed by atoms with Gasteiger partial charge in [0.25, 0.3) is 0 Å². The molecule has 4 heterocycles. The number of carbonyl (C=O) groups is 2. The van der Waals surface area contributed by atoms with Gasteiger partial charge in [-0.25, -0.2) is 9.59 Å². The number of likely N-dealkylation sites (tertiary alicyclic amines) is 1. The van der Waals surface area contributed by atoms with Gasteiger partial charge in [-0.2, -0.15) is 0 Å². The zero-order chi connectivity index (χ0) is 23.0. The van der Waals surface area contributed by atoms with E-state index < -0.39 is 0 Å². The summed E-state index contributed by atoms with van der Waals surface area (Å²) in [6, 6.07) is 9.81. The number of fused-ring (bicyclic) bond motifs is 4. The first kappa shape index (κ1) is 22.5. The lowest BCUT2D eigenvalue weighted by atomic mass is 9.68. The minimum Gasteiger partial charge on any atom is -0.450 e. The molecule has 4 aliphatic rings. The average molecular weight is 456 g/mol. The number of hydrogen-bond donors (Lipinski definition) is 0. The molecule has 0 saturated carbocycles. The van der Waals surface area contributed by atoms with Gasteiger partial charge in [0.15, 0.2) is 0 Å². The van der Waals surface area contributed by atoms with Crippen LogP contribution in [0.1, 0.15) is 63.5 Å². The summed E-state index contributed by atoms with van der Waals surface area (Å²) in [6.45, 7) is 8.04. The fourth-order valence-electron chi connectivity index (χ4n) is 6.92. The van der Waals surface area contributed by atoms with Crippen molar-refractivity contribution in [1.29, 1.82) is 0 Å². The fourth-order valence-corrected chi connectivity index (χ4v) is 6.92. The predicted molar refractivity (Wildman–Crippen MR) is 125 cm³/mol. The summed E-state index contributed by atoms with van der Waals surface area (Å²) < 4.78 is 10.7. The van der Waals surface area contributed by atoms with E-state index in [9.17, 15) is 9.59 Å². The lowest BCUT2D eigenvalue weighted by Crippen LogP contribution is -2.57. The Morgan fingerprint density at radius 1 is 0.939 bits per heavy atom. The highest BCUT2D eigenvalue weighted by Crippen LogP contribution is 2.44. The van der Waals surface area contributed by atoms with Crippen molar-refractivity contribution in [2.24, 2.45) is 0 Å². The van der Waals surface area contributed by atoms with Crippen LogP contribution in [0, 0.1) is 0 Å². The Hall–Kier alpha value is -2.28.